The van der Waals surface area contributed by atoms with Crippen LogP contribution in [0.2, 0.25) is 5.02 Å². The molecule has 4 heteroatoms. The maximum absolute atomic E-state index is 5.96. The number of hydrogen-bond acceptors (Lipinski definition) is 1. The zero-order chi connectivity index (χ0) is 14.6. The van der Waals surface area contributed by atoms with Crippen molar-refractivity contribution in [1.29, 1.82) is 0 Å². The molecule has 0 aromatic heterocycles. The van der Waals surface area contributed by atoms with Crippen molar-refractivity contribution in [2.45, 2.75) is 45.1 Å². The van der Waals surface area contributed by atoms with Gasteiger partial charge in [-0.15, -0.1) is 0 Å². The molecule has 1 aliphatic carbocycles. The van der Waals surface area contributed by atoms with Crippen molar-refractivity contribution in [3.05, 3.63) is 34.9 Å². The molecule has 0 aliphatic heterocycles. The minimum Gasteiger partial charge on any atom is -0.357 e. The van der Waals surface area contributed by atoms with E-state index in [1.807, 2.05) is 12.1 Å². The molecule has 1 saturated carbocycles. The van der Waals surface area contributed by atoms with Crippen molar-refractivity contribution in [2.24, 2.45) is 4.99 Å². The van der Waals surface area contributed by atoms with Gasteiger partial charge < -0.3 is 10.6 Å². The molecule has 0 amide bonds. The third kappa shape index (κ3) is 3.89. The number of rotatable bonds is 5. The van der Waals surface area contributed by atoms with Crippen LogP contribution in [0.4, 0.5) is 0 Å². The highest BCUT2D eigenvalue weighted by atomic mass is 35.5. The summed E-state index contributed by atoms with van der Waals surface area (Å²) in [5, 5.41) is 7.45. The van der Waals surface area contributed by atoms with E-state index in [-0.39, 0.29) is 5.41 Å². The average molecular weight is 294 g/mol. The summed E-state index contributed by atoms with van der Waals surface area (Å²) in [6.07, 6.45) is 2.42. The molecule has 0 saturated heterocycles. The first kappa shape index (κ1) is 15.2. The number of aliphatic imine (C=N–C) groups is 1. The second kappa shape index (κ2) is 6.49. The number of hydrogen-bond donors (Lipinski definition) is 2. The fourth-order valence-electron chi connectivity index (χ4n) is 2.32. The van der Waals surface area contributed by atoms with Crippen LogP contribution < -0.4 is 10.6 Å². The quantitative estimate of drug-likeness (QED) is 0.645. The Morgan fingerprint density at radius 2 is 1.95 bits per heavy atom. The minimum absolute atomic E-state index is 0.226. The highest BCUT2D eigenvalue weighted by molar-refractivity contribution is 6.30. The minimum atomic E-state index is 0.226. The van der Waals surface area contributed by atoms with Gasteiger partial charge in [-0.1, -0.05) is 23.7 Å². The lowest BCUT2D eigenvalue weighted by Crippen LogP contribution is -2.41. The van der Waals surface area contributed by atoms with Crippen LogP contribution >= 0.6 is 11.6 Å². The summed E-state index contributed by atoms with van der Waals surface area (Å²) in [7, 11) is 0. The molecule has 3 nitrogen and oxygen atoms in total. The summed E-state index contributed by atoms with van der Waals surface area (Å²) >= 11 is 5.96. The number of nitrogens with zero attached hydrogens (tertiary/aromatic N) is 1. The molecule has 1 aliphatic rings. The second-order valence-electron chi connectivity index (χ2n) is 5.78. The van der Waals surface area contributed by atoms with Gasteiger partial charge in [-0.3, -0.25) is 4.99 Å². The van der Waals surface area contributed by atoms with Crippen molar-refractivity contribution < 1.29 is 0 Å². The molecule has 0 bridgehead atoms. The Bertz CT molecular complexity index is 461. The molecule has 1 aromatic carbocycles. The summed E-state index contributed by atoms with van der Waals surface area (Å²) < 4.78 is 0. The van der Waals surface area contributed by atoms with Crippen molar-refractivity contribution in [1.82, 2.24) is 10.6 Å². The predicted molar refractivity (Wildman–Crippen MR) is 86.6 cm³/mol. The first-order valence-electron chi connectivity index (χ1n) is 7.36. The summed E-state index contributed by atoms with van der Waals surface area (Å²) in [5.41, 5.74) is 1.58. The molecule has 110 valence electrons. The number of benzene rings is 1. The third-order valence-electron chi connectivity index (χ3n) is 3.62. The molecular weight excluding hydrogens is 270 g/mol. The van der Waals surface area contributed by atoms with Crippen LogP contribution in [0.25, 0.3) is 0 Å². The second-order valence-corrected chi connectivity index (χ2v) is 6.22. The van der Waals surface area contributed by atoms with E-state index < -0.39 is 0 Å². The molecule has 2 N–H and O–H groups in total. The summed E-state index contributed by atoms with van der Waals surface area (Å²) in [4.78, 5) is 4.75. The van der Waals surface area contributed by atoms with Crippen LogP contribution in [-0.2, 0) is 5.41 Å². The standard InChI is InChI=1S/C16H24ClN3/c1-4-18-15(20-12(2)3)19-11-16(9-10-16)13-5-7-14(17)8-6-13/h5-8,12H,4,9-11H2,1-3H3,(H2,18,19,20). The van der Waals surface area contributed by atoms with Gasteiger partial charge >= 0.3 is 0 Å². The van der Waals surface area contributed by atoms with Crippen LogP contribution in [-0.4, -0.2) is 25.1 Å². The topological polar surface area (TPSA) is 36.4 Å². The lowest BCUT2D eigenvalue weighted by atomic mass is 9.96. The highest BCUT2D eigenvalue weighted by Crippen LogP contribution is 2.48. The molecule has 0 atom stereocenters. The Balaban J connectivity index is 2.05. The van der Waals surface area contributed by atoms with Crippen LogP contribution in [0.3, 0.4) is 0 Å². The SMILES string of the molecule is CCNC(=NCC1(c2ccc(Cl)cc2)CC1)NC(C)C. The number of guanidine groups is 1. The van der Waals surface area contributed by atoms with E-state index >= 15 is 0 Å². The van der Waals surface area contributed by atoms with E-state index in [4.69, 9.17) is 16.6 Å². The Morgan fingerprint density at radius 1 is 1.30 bits per heavy atom. The van der Waals surface area contributed by atoms with E-state index in [1.165, 1.54) is 18.4 Å². The van der Waals surface area contributed by atoms with Gasteiger partial charge in [0.2, 0.25) is 0 Å². The molecule has 0 unspecified atom stereocenters. The first-order valence-corrected chi connectivity index (χ1v) is 7.74. The molecule has 1 aromatic rings. The van der Waals surface area contributed by atoms with Crippen molar-refractivity contribution >= 4 is 17.6 Å². The number of nitrogens with one attached hydrogen (secondary N) is 2. The maximum Gasteiger partial charge on any atom is 0.191 e. The normalized spacial score (nSPS) is 17.1. The van der Waals surface area contributed by atoms with Gasteiger partial charge in [0.05, 0.1) is 6.54 Å². The highest BCUT2D eigenvalue weighted by Gasteiger charge is 2.44. The third-order valence-corrected chi connectivity index (χ3v) is 3.87. The fraction of sp³-hybridized carbons (Fsp3) is 0.562. The fourth-order valence-corrected chi connectivity index (χ4v) is 2.44. The molecular formula is C16H24ClN3. The summed E-state index contributed by atoms with van der Waals surface area (Å²) in [5.74, 6) is 0.905. The van der Waals surface area contributed by atoms with Crippen molar-refractivity contribution in [3.8, 4) is 0 Å². The van der Waals surface area contributed by atoms with Crippen molar-refractivity contribution in [2.75, 3.05) is 13.1 Å². The monoisotopic (exact) mass is 293 g/mol. The van der Waals surface area contributed by atoms with E-state index in [1.54, 1.807) is 0 Å². The Labute approximate surface area is 126 Å². The average Bonchev–Trinajstić information content (AvgIpc) is 3.18. The Hall–Kier alpha value is -1.22. The van der Waals surface area contributed by atoms with E-state index in [0.717, 1.165) is 24.1 Å². The molecule has 0 heterocycles. The number of halogens is 1. The largest absolute Gasteiger partial charge is 0.357 e. The summed E-state index contributed by atoms with van der Waals surface area (Å²) in [6.45, 7) is 8.05. The van der Waals surface area contributed by atoms with Crippen LogP contribution in [0.1, 0.15) is 39.2 Å². The zero-order valence-corrected chi connectivity index (χ0v) is 13.3. The smallest absolute Gasteiger partial charge is 0.191 e. The van der Waals surface area contributed by atoms with Gasteiger partial charge in [-0.2, -0.15) is 0 Å². The van der Waals surface area contributed by atoms with Gasteiger partial charge in [-0.05, 0) is 51.3 Å². The van der Waals surface area contributed by atoms with E-state index in [0.29, 0.717) is 6.04 Å². The zero-order valence-electron chi connectivity index (χ0n) is 12.5. The van der Waals surface area contributed by atoms with Crippen molar-refractivity contribution in [3.63, 3.8) is 0 Å². The molecule has 20 heavy (non-hydrogen) atoms. The van der Waals surface area contributed by atoms with Crippen LogP contribution in [0.15, 0.2) is 29.3 Å². The molecule has 0 radical (unpaired) electrons. The molecule has 2 rings (SSSR count). The Morgan fingerprint density at radius 3 is 2.45 bits per heavy atom. The lowest BCUT2D eigenvalue weighted by Gasteiger charge is -2.17. The molecule has 1 fully saturated rings. The van der Waals surface area contributed by atoms with Crippen LogP contribution in [0, 0.1) is 0 Å². The van der Waals surface area contributed by atoms with Gasteiger partial charge in [0.25, 0.3) is 0 Å². The molecule has 0 spiro atoms. The maximum atomic E-state index is 5.96. The predicted octanol–water partition coefficient (Wildman–Crippen LogP) is 3.34. The van der Waals surface area contributed by atoms with E-state index in [9.17, 15) is 0 Å². The van der Waals surface area contributed by atoms with E-state index in [2.05, 4.69) is 43.5 Å². The van der Waals surface area contributed by atoms with Gasteiger partial charge in [0.1, 0.15) is 0 Å². The Kier molecular flexibility index (Phi) is 4.92. The van der Waals surface area contributed by atoms with Gasteiger partial charge in [0, 0.05) is 23.0 Å². The summed E-state index contributed by atoms with van der Waals surface area (Å²) in [6, 6.07) is 8.59. The first-order chi connectivity index (χ1) is 9.55. The van der Waals surface area contributed by atoms with Gasteiger partial charge in [0.15, 0.2) is 5.96 Å². The van der Waals surface area contributed by atoms with Gasteiger partial charge in [-0.25, -0.2) is 0 Å². The lowest BCUT2D eigenvalue weighted by molar-refractivity contribution is 0.670. The van der Waals surface area contributed by atoms with Crippen LogP contribution in [0.5, 0.6) is 0 Å².